The average Bonchev–Trinajstić information content (AvgIpc) is 2.29. The van der Waals surface area contributed by atoms with Crippen LogP contribution in [0.1, 0.15) is 11.1 Å². The van der Waals surface area contributed by atoms with Crippen LogP contribution in [0.2, 0.25) is 0 Å². The van der Waals surface area contributed by atoms with Gasteiger partial charge in [-0.05, 0) is 29.7 Å². The van der Waals surface area contributed by atoms with E-state index in [-0.39, 0.29) is 0 Å². The number of hydrogen-bond donors (Lipinski definition) is 1. The second-order valence-electron chi connectivity index (χ2n) is 3.77. The van der Waals surface area contributed by atoms with Crippen LogP contribution in [0.5, 0.6) is 0 Å². The smallest absolute Gasteiger partial charge is 0.0178 e. The fourth-order valence-corrected chi connectivity index (χ4v) is 1.70. The maximum absolute atomic E-state index is 5.63. The first-order valence-electron chi connectivity index (χ1n) is 5.15. The van der Waals surface area contributed by atoms with E-state index < -0.39 is 0 Å². The van der Waals surface area contributed by atoms with Crippen LogP contribution in [0.25, 0.3) is 11.1 Å². The van der Waals surface area contributed by atoms with E-state index >= 15 is 0 Å². The van der Waals surface area contributed by atoms with Gasteiger partial charge in [0.2, 0.25) is 0 Å². The van der Waals surface area contributed by atoms with E-state index in [4.69, 9.17) is 5.73 Å². The van der Waals surface area contributed by atoms with Gasteiger partial charge in [-0.15, -0.1) is 0 Å². The Hall–Kier alpha value is -1.60. The van der Waals surface area contributed by atoms with E-state index in [1.165, 1.54) is 22.3 Å². The van der Waals surface area contributed by atoms with Gasteiger partial charge in [-0.3, -0.25) is 0 Å². The number of rotatable bonds is 2. The molecule has 0 aromatic heterocycles. The van der Waals surface area contributed by atoms with Gasteiger partial charge in [-0.1, -0.05) is 48.0 Å². The summed E-state index contributed by atoms with van der Waals surface area (Å²) in [6, 6.07) is 16.9. The van der Waals surface area contributed by atoms with Gasteiger partial charge in [0, 0.05) is 6.54 Å². The van der Waals surface area contributed by atoms with Crippen LogP contribution in [0.3, 0.4) is 0 Å². The largest absolute Gasteiger partial charge is 0.326 e. The van der Waals surface area contributed by atoms with Gasteiger partial charge >= 0.3 is 0 Å². The Morgan fingerprint density at radius 3 is 2.27 bits per heavy atom. The molecule has 0 aliphatic carbocycles. The fraction of sp³-hybridized carbons (Fsp3) is 0.143. The van der Waals surface area contributed by atoms with Crippen molar-refractivity contribution in [2.45, 2.75) is 13.5 Å². The standard InChI is InChI=1S/C14H15N/c1-11-4-2-6-13(8-11)14-7-3-5-12(9-14)10-15/h2-9H,10,15H2,1H3. The molecule has 15 heavy (non-hydrogen) atoms. The highest BCUT2D eigenvalue weighted by Gasteiger charge is 1.98. The highest BCUT2D eigenvalue weighted by molar-refractivity contribution is 5.64. The van der Waals surface area contributed by atoms with Crippen molar-refractivity contribution in [1.29, 1.82) is 0 Å². The van der Waals surface area contributed by atoms with Crippen LogP contribution in [-0.4, -0.2) is 0 Å². The summed E-state index contributed by atoms with van der Waals surface area (Å²) in [5.74, 6) is 0. The second-order valence-corrected chi connectivity index (χ2v) is 3.77. The number of aryl methyl sites for hydroxylation is 1. The van der Waals surface area contributed by atoms with Crippen molar-refractivity contribution in [3.05, 3.63) is 59.7 Å². The molecule has 0 aliphatic rings. The fourth-order valence-electron chi connectivity index (χ4n) is 1.70. The molecule has 0 fully saturated rings. The summed E-state index contributed by atoms with van der Waals surface area (Å²) in [7, 11) is 0. The molecule has 0 heterocycles. The minimum atomic E-state index is 0.597. The van der Waals surface area contributed by atoms with E-state index in [1.54, 1.807) is 0 Å². The molecule has 0 aliphatic heterocycles. The lowest BCUT2D eigenvalue weighted by Crippen LogP contribution is -1.95. The predicted octanol–water partition coefficient (Wildman–Crippen LogP) is 3.12. The maximum atomic E-state index is 5.63. The molecule has 0 bridgehead atoms. The van der Waals surface area contributed by atoms with Crippen molar-refractivity contribution in [1.82, 2.24) is 0 Å². The number of benzene rings is 2. The van der Waals surface area contributed by atoms with Crippen LogP contribution in [-0.2, 0) is 6.54 Å². The van der Waals surface area contributed by atoms with E-state index in [2.05, 4.69) is 55.5 Å². The Labute approximate surface area is 90.6 Å². The Kier molecular flexibility index (Phi) is 2.84. The lowest BCUT2D eigenvalue weighted by Gasteiger charge is -2.04. The third kappa shape index (κ3) is 2.25. The van der Waals surface area contributed by atoms with Crippen LogP contribution in [0, 0.1) is 6.92 Å². The molecule has 0 saturated carbocycles. The second kappa shape index (κ2) is 4.28. The van der Waals surface area contributed by atoms with Crippen LogP contribution >= 0.6 is 0 Å². The van der Waals surface area contributed by atoms with Gasteiger partial charge in [0.05, 0.1) is 0 Å². The van der Waals surface area contributed by atoms with Gasteiger partial charge in [-0.2, -0.15) is 0 Å². The van der Waals surface area contributed by atoms with Crippen molar-refractivity contribution in [3.8, 4) is 11.1 Å². The van der Waals surface area contributed by atoms with Crippen LogP contribution < -0.4 is 5.73 Å². The summed E-state index contributed by atoms with van der Waals surface area (Å²) in [5, 5.41) is 0. The van der Waals surface area contributed by atoms with Crippen molar-refractivity contribution < 1.29 is 0 Å². The Morgan fingerprint density at radius 1 is 0.933 bits per heavy atom. The van der Waals surface area contributed by atoms with E-state index in [0.717, 1.165) is 0 Å². The molecule has 0 atom stereocenters. The molecule has 2 rings (SSSR count). The van der Waals surface area contributed by atoms with Gasteiger partial charge in [0.15, 0.2) is 0 Å². The first-order chi connectivity index (χ1) is 7.29. The average molecular weight is 197 g/mol. The van der Waals surface area contributed by atoms with Crippen molar-refractivity contribution >= 4 is 0 Å². The van der Waals surface area contributed by atoms with Gasteiger partial charge in [0.1, 0.15) is 0 Å². The van der Waals surface area contributed by atoms with Crippen molar-refractivity contribution in [2.75, 3.05) is 0 Å². The molecule has 2 aromatic rings. The van der Waals surface area contributed by atoms with Crippen LogP contribution in [0.15, 0.2) is 48.5 Å². The molecule has 0 saturated heterocycles. The Bertz CT molecular complexity index is 460. The molecule has 0 amide bonds. The number of hydrogen-bond acceptors (Lipinski definition) is 1. The molecule has 0 unspecified atom stereocenters. The molecule has 2 N–H and O–H groups in total. The zero-order valence-corrected chi connectivity index (χ0v) is 8.90. The normalized spacial score (nSPS) is 10.3. The highest BCUT2D eigenvalue weighted by atomic mass is 14.5. The third-order valence-electron chi connectivity index (χ3n) is 2.51. The quantitative estimate of drug-likeness (QED) is 0.786. The maximum Gasteiger partial charge on any atom is 0.0178 e. The first-order valence-corrected chi connectivity index (χ1v) is 5.15. The minimum Gasteiger partial charge on any atom is -0.326 e. The van der Waals surface area contributed by atoms with E-state index in [9.17, 15) is 0 Å². The molecule has 2 aromatic carbocycles. The first kappa shape index (κ1) is 9.94. The lowest BCUT2D eigenvalue weighted by atomic mass is 10.0. The van der Waals surface area contributed by atoms with Gasteiger partial charge in [-0.25, -0.2) is 0 Å². The summed E-state index contributed by atoms with van der Waals surface area (Å²) >= 11 is 0. The predicted molar refractivity (Wildman–Crippen MR) is 64.5 cm³/mol. The molecule has 0 radical (unpaired) electrons. The molecule has 1 heteroatoms. The van der Waals surface area contributed by atoms with Gasteiger partial charge in [0.25, 0.3) is 0 Å². The summed E-state index contributed by atoms with van der Waals surface area (Å²) in [6.07, 6.45) is 0. The SMILES string of the molecule is Cc1cccc(-c2cccc(CN)c2)c1. The molecule has 0 spiro atoms. The van der Waals surface area contributed by atoms with Crippen LogP contribution in [0.4, 0.5) is 0 Å². The summed E-state index contributed by atoms with van der Waals surface area (Å²) in [4.78, 5) is 0. The number of nitrogens with two attached hydrogens (primary N) is 1. The van der Waals surface area contributed by atoms with E-state index in [0.29, 0.717) is 6.54 Å². The van der Waals surface area contributed by atoms with Crippen molar-refractivity contribution in [3.63, 3.8) is 0 Å². The molecule has 76 valence electrons. The molecule has 1 nitrogen and oxygen atoms in total. The molecular formula is C14H15N. The monoisotopic (exact) mass is 197 g/mol. The molecular weight excluding hydrogens is 182 g/mol. The van der Waals surface area contributed by atoms with E-state index in [1.807, 2.05) is 0 Å². The lowest BCUT2D eigenvalue weighted by molar-refractivity contribution is 1.07. The summed E-state index contributed by atoms with van der Waals surface area (Å²) in [6.45, 7) is 2.70. The highest BCUT2D eigenvalue weighted by Crippen LogP contribution is 2.21. The van der Waals surface area contributed by atoms with Gasteiger partial charge < -0.3 is 5.73 Å². The zero-order valence-electron chi connectivity index (χ0n) is 8.90. The van der Waals surface area contributed by atoms with Crippen molar-refractivity contribution in [2.24, 2.45) is 5.73 Å². The Balaban J connectivity index is 2.44. The Morgan fingerprint density at radius 2 is 1.60 bits per heavy atom. The third-order valence-corrected chi connectivity index (χ3v) is 2.51. The summed E-state index contributed by atoms with van der Waals surface area (Å²) < 4.78 is 0. The zero-order chi connectivity index (χ0) is 10.7. The topological polar surface area (TPSA) is 26.0 Å². The summed E-state index contributed by atoms with van der Waals surface area (Å²) in [5.41, 5.74) is 10.6. The minimum absolute atomic E-state index is 0.597.